The molecule has 18 rings (SSSR count). The number of benzene rings is 16. The van der Waals surface area contributed by atoms with Crippen LogP contribution in [0.1, 0.15) is 301 Å². The van der Waals surface area contributed by atoms with Crippen molar-refractivity contribution in [3.8, 4) is 84.4 Å². The topological polar surface area (TPSA) is 92.3 Å². The first-order chi connectivity index (χ1) is 73.6. The summed E-state index contributed by atoms with van der Waals surface area (Å²) in [6.45, 7) is 26.2. The molecule has 10 unspecified atom stereocenters. The Balaban J connectivity index is 0.000000148. The molecule has 2 aliphatic carbocycles. The molecule has 150 heavy (non-hydrogen) atoms. The zero-order valence-corrected chi connectivity index (χ0v) is 90.6. The normalized spacial score (nSPS) is 14.5. The van der Waals surface area contributed by atoms with Crippen LogP contribution in [0, 0.1) is 5.92 Å². The van der Waals surface area contributed by atoms with Crippen molar-refractivity contribution in [3.63, 3.8) is 0 Å². The van der Waals surface area contributed by atoms with Crippen LogP contribution in [-0.2, 0) is 30.1 Å². The first kappa shape index (κ1) is 112. The van der Waals surface area contributed by atoms with Crippen LogP contribution < -0.4 is 23.7 Å². The molecule has 16 aromatic carbocycles. The second kappa shape index (κ2) is 60.8. The lowest BCUT2D eigenvalue weighted by atomic mass is 9.87. The van der Waals surface area contributed by atoms with Crippen molar-refractivity contribution in [2.75, 3.05) is 26.9 Å². The highest BCUT2D eigenvalue weighted by molar-refractivity contribution is 5.68. The van der Waals surface area contributed by atoms with Gasteiger partial charge in [-0.3, -0.25) is 0 Å². The fourth-order valence-corrected chi connectivity index (χ4v) is 18.8. The quantitative estimate of drug-likeness (QED) is 0.0344. The number of methoxy groups -OCH3 is 1. The molecule has 778 valence electrons. The van der Waals surface area contributed by atoms with E-state index in [0.29, 0.717) is 42.8 Å². The Bertz CT molecular complexity index is 6370. The van der Waals surface area contributed by atoms with E-state index in [9.17, 15) is 0 Å². The van der Waals surface area contributed by atoms with E-state index in [-0.39, 0.29) is 12.4 Å². The minimum Gasteiger partial charge on any atom is -0.461 e. The highest BCUT2D eigenvalue weighted by atomic mass is 16.7. The average Bonchev–Trinajstić information content (AvgIpc) is 0.842. The summed E-state index contributed by atoms with van der Waals surface area (Å²) < 4.78 is 61.8. The van der Waals surface area contributed by atoms with E-state index in [0.717, 1.165) is 127 Å². The van der Waals surface area contributed by atoms with E-state index in [1.807, 2.05) is 85.8 Å². The van der Waals surface area contributed by atoms with Gasteiger partial charge in [0.05, 0.1) is 19.3 Å². The number of hydrogen-bond donors (Lipinski definition) is 0. The molecule has 0 aliphatic heterocycles. The smallest absolute Gasteiger partial charge is 0.226 e. The van der Waals surface area contributed by atoms with Crippen molar-refractivity contribution in [1.29, 1.82) is 0 Å². The van der Waals surface area contributed by atoms with Crippen LogP contribution in [0.25, 0.3) is 55.6 Å². The van der Waals surface area contributed by atoms with Gasteiger partial charge in [-0.15, -0.1) is 0 Å². The largest absolute Gasteiger partial charge is 0.461 e. The zero-order chi connectivity index (χ0) is 105. The molecule has 16 aromatic rings. The molecule has 2 aliphatic rings. The fraction of sp³-hybridized carbons (Fsp3) is 0.314. The minimum absolute atomic E-state index is 0.270. The lowest BCUT2D eigenvalue weighted by Gasteiger charge is -2.28. The molecule has 0 amide bonds. The molecule has 2 saturated carbocycles. The third-order valence-corrected chi connectivity index (χ3v) is 29.4. The highest BCUT2D eigenvalue weighted by Gasteiger charge is 2.26. The monoisotopic (exact) mass is 2000 g/mol. The van der Waals surface area contributed by atoms with Crippen LogP contribution in [0.5, 0.6) is 28.7 Å². The van der Waals surface area contributed by atoms with Gasteiger partial charge in [0.15, 0.2) is 0 Å². The predicted molar refractivity (Wildman–Crippen MR) is 622 cm³/mol. The molecule has 10 atom stereocenters. The molecule has 0 saturated heterocycles. The van der Waals surface area contributed by atoms with Gasteiger partial charge in [-0.25, -0.2) is 0 Å². The maximum absolute atomic E-state index is 6.50. The van der Waals surface area contributed by atoms with Crippen molar-refractivity contribution in [2.24, 2.45) is 5.92 Å². The molecule has 10 nitrogen and oxygen atoms in total. The number of rotatable bonds is 43. The Hall–Kier alpha value is -13.7. The summed E-state index contributed by atoms with van der Waals surface area (Å²) in [7, 11) is 1.67. The predicted octanol–water partition coefficient (Wildman–Crippen LogP) is 39.0. The Morgan fingerprint density at radius 1 is 0.213 bits per heavy atom. The number of ether oxygens (including phenoxy) is 10. The summed E-state index contributed by atoms with van der Waals surface area (Å²) in [5.74, 6) is 7.78. The first-order valence-electron chi connectivity index (χ1n) is 55.3. The van der Waals surface area contributed by atoms with Gasteiger partial charge < -0.3 is 47.4 Å². The number of hydrogen-bond acceptors (Lipinski definition) is 10. The van der Waals surface area contributed by atoms with E-state index < -0.39 is 25.2 Å². The van der Waals surface area contributed by atoms with Crippen molar-refractivity contribution < 1.29 is 47.4 Å². The minimum atomic E-state index is -0.465. The zero-order valence-electron chi connectivity index (χ0n) is 90.6. The Morgan fingerprint density at radius 2 is 0.433 bits per heavy atom. The summed E-state index contributed by atoms with van der Waals surface area (Å²) in [5.41, 5.74) is 25.1. The van der Waals surface area contributed by atoms with Crippen LogP contribution in [0.3, 0.4) is 0 Å². The molecular weight excluding hydrogens is 1840 g/mol. The lowest BCUT2D eigenvalue weighted by Crippen LogP contribution is -2.23. The van der Waals surface area contributed by atoms with Crippen molar-refractivity contribution in [2.45, 2.75) is 252 Å². The average molecular weight is 2000 g/mol. The first-order valence-corrected chi connectivity index (χ1v) is 55.3. The molecule has 2 fully saturated rings. The van der Waals surface area contributed by atoms with Gasteiger partial charge in [-0.1, -0.05) is 485 Å². The van der Waals surface area contributed by atoms with Crippen molar-refractivity contribution in [1.82, 2.24) is 0 Å². The van der Waals surface area contributed by atoms with Gasteiger partial charge in [-0.05, 0) is 250 Å². The summed E-state index contributed by atoms with van der Waals surface area (Å²) in [6.07, 6.45) is 18.7. The summed E-state index contributed by atoms with van der Waals surface area (Å²) >= 11 is 0. The van der Waals surface area contributed by atoms with E-state index in [1.165, 1.54) is 140 Å². The summed E-state index contributed by atoms with van der Waals surface area (Å²) in [5, 5.41) is 0. The van der Waals surface area contributed by atoms with E-state index in [2.05, 4.69) is 415 Å². The van der Waals surface area contributed by atoms with Gasteiger partial charge in [0, 0.05) is 41.5 Å². The van der Waals surface area contributed by atoms with E-state index in [4.69, 9.17) is 47.4 Å². The molecular formula is C140H158O10. The molecule has 0 N–H and O–H groups in total. The van der Waals surface area contributed by atoms with Gasteiger partial charge >= 0.3 is 0 Å². The van der Waals surface area contributed by atoms with E-state index in [1.54, 1.807) is 7.11 Å². The van der Waals surface area contributed by atoms with Crippen LogP contribution >= 0.6 is 0 Å². The van der Waals surface area contributed by atoms with Crippen LogP contribution in [-0.4, -0.2) is 33.0 Å². The fourth-order valence-electron chi connectivity index (χ4n) is 18.8. The third kappa shape index (κ3) is 35.0. The van der Waals surface area contributed by atoms with Gasteiger partial charge in [0.25, 0.3) is 0 Å². The Kier molecular flexibility index (Phi) is 45.4. The van der Waals surface area contributed by atoms with E-state index >= 15 is 0 Å². The van der Waals surface area contributed by atoms with Crippen LogP contribution in [0.4, 0.5) is 0 Å². The molecule has 0 spiro atoms. The van der Waals surface area contributed by atoms with Gasteiger partial charge in [0.2, 0.25) is 31.5 Å². The molecule has 0 bridgehead atoms. The standard InChI is InChI=1S/C31H38O2.C31H32O2.C29H34O2.C25H28O2.C24H26O2/c2*1-3-24(2)26-18-20-30(21-19-26)33-31(32-23-22-25-10-6-4-7-11-25)29-16-14-28(15-17-29)27-12-8-5-9-13-27;1-3-22(2)23-18-20-28(21-19-23)31-29(30-27-12-8-5-9-13-27)26-16-14-25(15-17-26)24-10-6-4-7-11-24;1-4-19(3)20-15-17-24(18-16-20)27-25(26-5-2)23-13-11-22(12-14-23)21-9-7-6-8-10-21;1-4-18(2)19-14-16-23(17-15-19)26-24(25-3)22-12-10-21(11-13-22)20-8-6-5-7-9-20/h5,8-9,12-21,24-25,31H,3-4,6-7,10-11,22-23H2,1-2H3;4-21,24,31H,3,22-23H2,1-2H3;4,6-7,10-11,14-22,27,29H,3,5,8-9,12-13H2,1-2H3;6-19,25H,4-5H2,1-3H3;5-18,24H,4H2,1-3H3. The summed E-state index contributed by atoms with van der Waals surface area (Å²) in [4.78, 5) is 0. The van der Waals surface area contributed by atoms with Crippen molar-refractivity contribution >= 4 is 0 Å². The lowest BCUT2D eigenvalue weighted by molar-refractivity contribution is -0.131. The second-order valence-corrected chi connectivity index (χ2v) is 39.9. The van der Waals surface area contributed by atoms with Crippen LogP contribution in [0.15, 0.2) is 425 Å². The molecule has 0 aromatic heterocycles. The SMILES string of the molecule is CCC(C)c1ccc(OC(OC)c2ccc(-c3ccccc3)cc2)cc1.CCC(C)c1ccc(OC(OC2CCCCC2)c2ccc(-c3ccccc3)cc2)cc1.CCC(C)c1ccc(OC(OCCC2CCCCC2)c2ccc(-c3ccccc3)cc2)cc1.CCC(C)c1ccc(OC(OCCc2ccccc2)c2ccc(-c3ccccc3)cc2)cc1.CCOC(Oc1ccc(C(C)CC)cc1)c1ccc(-c2ccccc2)cc1. The Morgan fingerprint density at radius 3 is 0.700 bits per heavy atom. The third-order valence-electron chi connectivity index (χ3n) is 29.4. The molecule has 0 radical (unpaired) electrons. The Labute approximate surface area is 896 Å². The van der Waals surface area contributed by atoms with Gasteiger partial charge in [-0.2, -0.15) is 0 Å². The van der Waals surface area contributed by atoms with Crippen LogP contribution in [0.2, 0.25) is 0 Å². The molecule has 0 heterocycles. The maximum atomic E-state index is 6.50. The molecule has 10 heteroatoms. The van der Waals surface area contributed by atoms with Gasteiger partial charge in [0.1, 0.15) is 28.7 Å². The second-order valence-electron chi connectivity index (χ2n) is 39.9. The maximum Gasteiger partial charge on any atom is 0.226 e. The summed E-state index contributed by atoms with van der Waals surface area (Å²) in [6, 6.07) is 147. The van der Waals surface area contributed by atoms with Crippen molar-refractivity contribution in [3.05, 3.63) is 486 Å². The highest BCUT2D eigenvalue weighted by Crippen LogP contribution is 2.39.